The van der Waals surface area contributed by atoms with Crippen molar-refractivity contribution in [2.75, 3.05) is 6.54 Å². The van der Waals surface area contributed by atoms with E-state index in [1.165, 1.54) is 74.3 Å². The lowest BCUT2D eigenvalue weighted by atomic mass is 9.43. The first-order valence-electron chi connectivity index (χ1n) is 18.1. The van der Waals surface area contributed by atoms with Gasteiger partial charge in [0.1, 0.15) is 0 Å². The molecule has 234 valence electrons. The Hall–Kier alpha value is -1.32. The van der Waals surface area contributed by atoms with E-state index < -0.39 is 0 Å². The molecule has 4 fully saturated rings. The summed E-state index contributed by atoms with van der Waals surface area (Å²) in [4.78, 5) is 3.48. The number of rotatable bonds is 10. The lowest BCUT2D eigenvalue weighted by molar-refractivity contribution is -0.141. The molecule has 0 amide bonds. The van der Waals surface area contributed by atoms with E-state index >= 15 is 0 Å². The van der Waals surface area contributed by atoms with Crippen LogP contribution in [-0.4, -0.2) is 28.8 Å². The Morgan fingerprint density at radius 1 is 0.929 bits per heavy atom. The fourth-order valence-electron chi connectivity index (χ4n) is 11.9. The standard InChI is InChI=1S/C39H62N2O/c1-7-27(25(2)3)13-12-26(4)32-14-15-33-31-23-37(40-21-18-28-24-41-36-11-9-8-10-30(28)36)35-22-29(42)16-19-39(35,6)34(31)17-20-38(32,33)5/h8-11,24-27,29,31-35,37,40-42H,7,12-23H2,1-6H3/t26-,27?,29+,31+,32-,33+,34+,35-,37-,38-,39-/m1/s1. The quantitative estimate of drug-likeness (QED) is 0.265. The van der Waals surface area contributed by atoms with E-state index in [1.54, 1.807) is 0 Å². The monoisotopic (exact) mass is 574 g/mol. The van der Waals surface area contributed by atoms with Crippen LogP contribution in [0.5, 0.6) is 0 Å². The predicted molar refractivity (Wildman–Crippen MR) is 177 cm³/mol. The van der Waals surface area contributed by atoms with Crippen molar-refractivity contribution in [1.82, 2.24) is 10.3 Å². The smallest absolute Gasteiger partial charge is 0.0543 e. The minimum atomic E-state index is -0.110. The molecule has 0 aliphatic heterocycles. The van der Waals surface area contributed by atoms with Crippen molar-refractivity contribution in [2.24, 2.45) is 58.2 Å². The van der Waals surface area contributed by atoms with Crippen LogP contribution in [-0.2, 0) is 6.42 Å². The van der Waals surface area contributed by atoms with Crippen LogP contribution in [0.3, 0.4) is 0 Å². The van der Waals surface area contributed by atoms with Gasteiger partial charge in [-0.15, -0.1) is 0 Å². The summed E-state index contributed by atoms with van der Waals surface area (Å²) in [5.74, 6) is 6.65. The van der Waals surface area contributed by atoms with Gasteiger partial charge in [-0.1, -0.05) is 72.6 Å². The Morgan fingerprint density at radius 3 is 2.48 bits per heavy atom. The summed E-state index contributed by atoms with van der Waals surface area (Å²) in [7, 11) is 0. The second kappa shape index (κ2) is 12.2. The third kappa shape index (κ3) is 5.42. The van der Waals surface area contributed by atoms with E-state index in [4.69, 9.17) is 0 Å². The molecule has 0 saturated heterocycles. The fourth-order valence-corrected chi connectivity index (χ4v) is 11.9. The molecule has 0 radical (unpaired) electrons. The summed E-state index contributed by atoms with van der Waals surface area (Å²) in [6.07, 6.45) is 17.7. The van der Waals surface area contributed by atoms with Gasteiger partial charge < -0.3 is 15.4 Å². The summed E-state index contributed by atoms with van der Waals surface area (Å²) in [5, 5.41) is 16.4. The van der Waals surface area contributed by atoms with E-state index in [9.17, 15) is 5.11 Å². The van der Waals surface area contributed by atoms with Gasteiger partial charge in [-0.05, 0) is 141 Å². The molecule has 42 heavy (non-hydrogen) atoms. The largest absolute Gasteiger partial charge is 0.393 e. The zero-order valence-corrected chi connectivity index (χ0v) is 27.8. The van der Waals surface area contributed by atoms with E-state index in [0.717, 1.165) is 67.2 Å². The number of nitrogens with one attached hydrogen (secondary N) is 2. The van der Waals surface area contributed by atoms with Crippen molar-refractivity contribution in [3.8, 4) is 0 Å². The van der Waals surface area contributed by atoms with Crippen LogP contribution in [0.2, 0.25) is 0 Å². The lowest BCUT2D eigenvalue weighted by Gasteiger charge is -2.63. The maximum absolute atomic E-state index is 10.9. The molecule has 1 aromatic heterocycles. The Morgan fingerprint density at radius 2 is 1.69 bits per heavy atom. The van der Waals surface area contributed by atoms with Crippen molar-refractivity contribution < 1.29 is 5.11 Å². The molecule has 1 unspecified atom stereocenters. The molecular formula is C39H62N2O. The topological polar surface area (TPSA) is 48.0 Å². The van der Waals surface area contributed by atoms with E-state index in [2.05, 4.69) is 82.3 Å². The molecule has 1 heterocycles. The number of aliphatic hydroxyl groups excluding tert-OH is 1. The van der Waals surface area contributed by atoms with Gasteiger partial charge in [0.15, 0.2) is 0 Å². The minimum absolute atomic E-state index is 0.110. The van der Waals surface area contributed by atoms with E-state index in [1.807, 2.05) is 0 Å². The Balaban J connectivity index is 1.18. The highest BCUT2D eigenvalue weighted by atomic mass is 16.3. The van der Waals surface area contributed by atoms with Crippen LogP contribution in [0.25, 0.3) is 10.9 Å². The van der Waals surface area contributed by atoms with Crippen LogP contribution in [0, 0.1) is 58.2 Å². The maximum atomic E-state index is 10.9. The van der Waals surface area contributed by atoms with Crippen LogP contribution in [0.4, 0.5) is 0 Å². The van der Waals surface area contributed by atoms with Gasteiger partial charge in [0.2, 0.25) is 0 Å². The molecule has 1 aromatic carbocycles. The molecule has 4 aliphatic rings. The molecule has 2 aromatic rings. The zero-order valence-electron chi connectivity index (χ0n) is 27.8. The van der Waals surface area contributed by atoms with Gasteiger partial charge in [-0.2, -0.15) is 0 Å². The Labute approximate surface area is 257 Å². The van der Waals surface area contributed by atoms with Crippen LogP contribution >= 0.6 is 0 Å². The van der Waals surface area contributed by atoms with Crippen molar-refractivity contribution in [3.05, 3.63) is 36.0 Å². The first kappa shape index (κ1) is 30.7. The zero-order chi connectivity index (χ0) is 29.6. The molecule has 0 spiro atoms. The van der Waals surface area contributed by atoms with Gasteiger partial charge in [0.05, 0.1) is 6.10 Å². The van der Waals surface area contributed by atoms with Crippen molar-refractivity contribution in [3.63, 3.8) is 0 Å². The Bertz CT molecular complexity index is 1190. The van der Waals surface area contributed by atoms with Gasteiger partial charge in [-0.25, -0.2) is 0 Å². The molecule has 3 nitrogen and oxygen atoms in total. The number of hydrogen-bond acceptors (Lipinski definition) is 2. The average molecular weight is 575 g/mol. The molecule has 4 saturated carbocycles. The summed E-state index contributed by atoms with van der Waals surface area (Å²) < 4.78 is 0. The molecule has 6 rings (SSSR count). The molecular weight excluding hydrogens is 512 g/mol. The van der Waals surface area contributed by atoms with Crippen molar-refractivity contribution >= 4 is 10.9 Å². The summed E-state index contributed by atoms with van der Waals surface area (Å²) in [6, 6.07) is 9.25. The normalized spacial score (nSPS) is 39.6. The number of H-pyrrole nitrogens is 1. The van der Waals surface area contributed by atoms with Gasteiger partial charge in [-0.3, -0.25) is 0 Å². The summed E-state index contributed by atoms with van der Waals surface area (Å²) in [6.45, 7) is 16.3. The summed E-state index contributed by atoms with van der Waals surface area (Å²) in [5.41, 5.74) is 3.57. The third-order valence-electron chi connectivity index (χ3n) is 14.4. The van der Waals surface area contributed by atoms with Crippen LogP contribution in [0.15, 0.2) is 30.5 Å². The molecule has 4 aliphatic carbocycles. The van der Waals surface area contributed by atoms with E-state index in [0.29, 0.717) is 22.8 Å². The number of benzene rings is 1. The van der Waals surface area contributed by atoms with Crippen molar-refractivity contribution in [2.45, 2.75) is 131 Å². The highest BCUT2D eigenvalue weighted by Crippen LogP contribution is 2.68. The second-order valence-corrected chi connectivity index (χ2v) is 16.5. The number of para-hydroxylation sites is 1. The maximum Gasteiger partial charge on any atom is 0.0543 e. The number of fused-ring (bicyclic) bond motifs is 6. The van der Waals surface area contributed by atoms with E-state index in [-0.39, 0.29) is 6.10 Å². The average Bonchev–Trinajstić information content (AvgIpc) is 3.54. The van der Waals surface area contributed by atoms with Crippen molar-refractivity contribution in [1.29, 1.82) is 0 Å². The van der Waals surface area contributed by atoms with Gasteiger partial charge >= 0.3 is 0 Å². The summed E-state index contributed by atoms with van der Waals surface area (Å²) >= 11 is 0. The fraction of sp³-hybridized carbons (Fsp3) is 0.795. The number of aromatic amines is 1. The molecule has 11 atom stereocenters. The Kier molecular flexibility index (Phi) is 8.94. The molecule has 3 heteroatoms. The van der Waals surface area contributed by atoms with Gasteiger partial charge in [0.25, 0.3) is 0 Å². The third-order valence-corrected chi connectivity index (χ3v) is 14.4. The number of aromatic nitrogens is 1. The minimum Gasteiger partial charge on any atom is -0.393 e. The second-order valence-electron chi connectivity index (χ2n) is 16.5. The molecule has 0 bridgehead atoms. The van der Waals surface area contributed by atoms with Gasteiger partial charge in [0, 0.05) is 23.1 Å². The number of hydrogen-bond donors (Lipinski definition) is 3. The highest BCUT2D eigenvalue weighted by Gasteiger charge is 2.62. The van der Waals surface area contributed by atoms with Crippen LogP contribution in [0.1, 0.15) is 118 Å². The van der Waals surface area contributed by atoms with Crippen LogP contribution < -0.4 is 5.32 Å². The SMILES string of the molecule is CCC(CC[C@@H](C)[C@H]1CC[C@H]2[C@@H]3C[C@@H](NCCc4c[nH]c5ccccc45)[C@H]4C[C@@H](O)CC[C@]4(C)[C@H]3CC[C@]12C)C(C)C. The predicted octanol–water partition coefficient (Wildman–Crippen LogP) is 9.40. The lowest BCUT2D eigenvalue weighted by Crippen LogP contribution is -2.61. The first-order valence-corrected chi connectivity index (χ1v) is 18.1. The first-order chi connectivity index (χ1) is 20.2. The highest BCUT2D eigenvalue weighted by molar-refractivity contribution is 5.83. The number of aliphatic hydroxyl groups is 1. The molecule has 3 N–H and O–H groups in total.